The number of nitrogens with two attached hydrogens (primary N) is 1. The number of aliphatic hydroxyl groups is 1. The van der Waals surface area contributed by atoms with Crippen LogP contribution in [0.25, 0.3) is 0 Å². The van der Waals surface area contributed by atoms with Crippen molar-refractivity contribution in [3.05, 3.63) is 65.2 Å². The third kappa shape index (κ3) is 6.76. The molecule has 8 nitrogen and oxygen atoms in total. The van der Waals surface area contributed by atoms with Crippen LogP contribution in [0.4, 0.5) is 5.69 Å². The SMILES string of the molecule is Cc1c(N)cccc1C(=O)N[C@@H](Cc1ccccc1)[C@H](O)C(=O)N1CSC[C@H]1C(=O)NC(C)(C)C. The fourth-order valence-electron chi connectivity index (χ4n) is 3.93. The number of carbonyl (C=O) groups is 3. The number of nitrogen functional groups attached to an aromatic ring is 1. The maximum Gasteiger partial charge on any atom is 0.254 e. The molecule has 1 fully saturated rings. The van der Waals surface area contributed by atoms with Crippen molar-refractivity contribution >= 4 is 35.2 Å². The lowest BCUT2D eigenvalue weighted by Crippen LogP contribution is -2.57. The molecule has 1 aliphatic heterocycles. The number of aliphatic hydroxyl groups excluding tert-OH is 1. The molecule has 9 heteroatoms. The van der Waals surface area contributed by atoms with Gasteiger partial charge in [0.1, 0.15) is 6.04 Å². The van der Waals surface area contributed by atoms with Gasteiger partial charge in [0.15, 0.2) is 6.10 Å². The molecule has 3 rings (SSSR count). The molecule has 0 unspecified atom stereocenters. The quantitative estimate of drug-likeness (QED) is 0.434. The van der Waals surface area contributed by atoms with Gasteiger partial charge in [-0.1, -0.05) is 36.4 Å². The fourth-order valence-corrected chi connectivity index (χ4v) is 5.09. The van der Waals surface area contributed by atoms with Gasteiger partial charge in [0, 0.05) is 22.5 Å². The Labute approximate surface area is 210 Å². The lowest BCUT2D eigenvalue weighted by Gasteiger charge is -2.31. The molecule has 0 radical (unpaired) electrons. The topological polar surface area (TPSA) is 125 Å². The van der Waals surface area contributed by atoms with E-state index in [4.69, 9.17) is 5.73 Å². The third-order valence-corrected chi connectivity index (χ3v) is 6.85. The molecule has 35 heavy (non-hydrogen) atoms. The molecule has 3 atom stereocenters. The molecule has 188 valence electrons. The summed E-state index contributed by atoms with van der Waals surface area (Å²) in [7, 11) is 0. The normalized spacial score (nSPS) is 17.5. The van der Waals surface area contributed by atoms with Crippen LogP contribution in [0, 0.1) is 6.92 Å². The van der Waals surface area contributed by atoms with E-state index in [1.165, 1.54) is 16.7 Å². The number of benzene rings is 2. The summed E-state index contributed by atoms with van der Waals surface area (Å²) >= 11 is 1.45. The van der Waals surface area contributed by atoms with Crippen molar-refractivity contribution in [3.8, 4) is 0 Å². The summed E-state index contributed by atoms with van der Waals surface area (Å²) in [6, 6.07) is 12.8. The summed E-state index contributed by atoms with van der Waals surface area (Å²) in [5.74, 6) is -0.547. The highest BCUT2D eigenvalue weighted by Gasteiger charge is 2.40. The maximum absolute atomic E-state index is 13.4. The third-order valence-electron chi connectivity index (χ3n) is 5.84. The number of amides is 3. The fraction of sp³-hybridized carbons (Fsp3) is 0.423. The number of thioether (sulfide) groups is 1. The zero-order valence-corrected chi connectivity index (χ0v) is 21.4. The first-order chi connectivity index (χ1) is 16.5. The van der Waals surface area contributed by atoms with E-state index in [9.17, 15) is 19.5 Å². The molecule has 0 aliphatic carbocycles. The first-order valence-corrected chi connectivity index (χ1v) is 12.7. The van der Waals surface area contributed by atoms with Crippen molar-refractivity contribution in [2.24, 2.45) is 0 Å². The molecule has 0 aromatic heterocycles. The van der Waals surface area contributed by atoms with E-state index in [0.29, 0.717) is 28.4 Å². The Bertz CT molecular complexity index is 1070. The number of anilines is 1. The van der Waals surface area contributed by atoms with E-state index in [-0.39, 0.29) is 12.3 Å². The molecule has 0 spiro atoms. The number of rotatable bonds is 7. The summed E-state index contributed by atoms with van der Waals surface area (Å²) in [5, 5.41) is 16.9. The predicted molar refractivity (Wildman–Crippen MR) is 139 cm³/mol. The van der Waals surface area contributed by atoms with Crippen molar-refractivity contribution in [3.63, 3.8) is 0 Å². The Hall–Kier alpha value is -3.04. The van der Waals surface area contributed by atoms with Gasteiger partial charge < -0.3 is 26.4 Å². The average molecular weight is 499 g/mol. The minimum Gasteiger partial charge on any atom is -0.398 e. The second-order valence-electron chi connectivity index (χ2n) is 9.80. The molecule has 2 aromatic carbocycles. The van der Waals surface area contributed by atoms with Gasteiger partial charge in [0.05, 0.1) is 11.9 Å². The van der Waals surface area contributed by atoms with Gasteiger partial charge in [-0.2, -0.15) is 0 Å². The van der Waals surface area contributed by atoms with Crippen LogP contribution in [0.15, 0.2) is 48.5 Å². The summed E-state index contributed by atoms with van der Waals surface area (Å²) in [4.78, 5) is 40.7. The summed E-state index contributed by atoms with van der Waals surface area (Å²) in [6.07, 6.45) is -1.30. The van der Waals surface area contributed by atoms with Crippen LogP contribution < -0.4 is 16.4 Å². The zero-order chi connectivity index (χ0) is 25.8. The molecule has 0 bridgehead atoms. The van der Waals surface area contributed by atoms with Crippen molar-refractivity contribution in [2.75, 3.05) is 17.4 Å². The van der Waals surface area contributed by atoms with Crippen LogP contribution >= 0.6 is 11.8 Å². The Kier molecular flexibility index (Phi) is 8.45. The van der Waals surface area contributed by atoms with Gasteiger partial charge in [0.25, 0.3) is 11.8 Å². The highest BCUT2D eigenvalue weighted by Crippen LogP contribution is 2.24. The average Bonchev–Trinajstić information content (AvgIpc) is 3.29. The molecule has 3 amide bonds. The number of hydrogen-bond donors (Lipinski definition) is 4. The van der Waals surface area contributed by atoms with Gasteiger partial charge >= 0.3 is 0 Å². The first kappa shape index (κ1) is 26.6. The Balaban J connectivity index is 1.83. The van der Waals surface area contributed by atoms with E-state index >= 15 is 0 Å². The molecule has 1 saturated heterocycles. The van der Waals surface area contributed by atoms with Gasteiger partial charge in [-0.25, -0.2) is 0 Å². The monoisotopic (exact) mass is 498 g/mol. The zero-order valence-electron chi connectivity index (χ0n) is 20.6. The maximum atomic E-state index is 13.4. The van der Waals surface area contributed by atoms with Crippen molar-refractivity contribution in [1.82, 2.24) is 15.5 Å². The van der Waals surface area contributed by atoms with E-state index in [0.717, 1.165) is 5.56 Å². The minimum atomic E-state index is -1.54. The van der Waals surface area contributed by atoms with E-state index < -0.39 is 35.5 Å². The van der Waals surface area contributed by atoms with Crippen LogP contribution in [0.1, 0.15) is 42.3 Å². The molecule has 1 aliphatic rings. The second-order valence-corrected chi connectivity index (χ2v) is 10.8. The lowest BCUT2D eigenvalue weighted by molar-refractivity contribution is -0.146. The molecule has 0 saturated carbocycles. The number of nitrogens with zero attached hydrogens (tertiary/aromatic N) is 1. The lowest BCUT2D eigenvalue weighted by atomic mass is 9.98. The minimum absolute atomic E-state index is 0.237. The van der Waals surface area contributed by atoms with Gasteiger partial charge in [0.2, 0.25) is 5.91 Å². The van der Waals surface area contributed by atoms with Crippen LogP contribution in [0.3, 0.4) is 0 Å². The molecular weight excluding hydrogens is 464 g/mol. The van der Waals surface area contributed by atoms with Gasteiger partial charge in [-0.3, -0.25) is 14.4 Å². The van der Waals surface area contributed by atoms with Gasteiger partial charge in [-0.05, 0) is 57.4 Å². The smallest absolute Gasteiger partial charge is 0.254 e. The number of hydrogen-bond acceptors (Lipinski definition) is 6. The van der Waals surface area contributed by atoms with E-state index in [1.54, 1.807) is 25.1 Å². The van der Waals surface area contributed by atoms with Crippen LogP contribution in [-0.2, 0) is 16.0 Å². The number of nitrogens with one attached hydrogen (secondary N) is 2. The Morgan fingerprint density at radius 1 is 1.14 bits per heavy atom. The molecule has 5 N–H and O–H groups in total. The van der Waals surface area contributed by atoms with Crippen LogP contribution in [0.2, 0.25) is 0 Å². The predicted octanol–water partition coefficient (Wildman–Crippen LogP) is 2.10. The van der Waals surface area contributed by atoms with Crippen LogP contribution in [-0.4, -0.2) is 63.1 Å². The highest BCUT2D eigenvalue weighted by atomic mass is 32.2. The molecular formula is C26H34N4O4S. The molecule has 1 heterocycles. The largest absolute Gasteiger partial charge is 0.398 e. The van der Waals surface area contributed by atoms with Crippen molar-refractivity contribution < 1.29 is 19.5 Å². The van der Waals surface area contributed by atoms with Crippen LogP contribution in [0.5, 0.6) is 0 Å². The van der Waals surface area contributed by atoms with Crippen molar-refractivity contribution in [2.45, 2.75) is 57.8 Å². The highest BCUT2D eigenvalue weighted by molar-refractivity contribution is 7.99. The van der Waals surface area contributed by atoms with E-state index in [2.05, 4.69) is 10.6 Å². The standard InChI is InChI=1S/C26H34N4O4S/c1-16-18(11-8-12-19(16)27)23(32)28-20(13-17-9-6-5-7-10-17)22(31)25(34)30-15-35-14-21(30)24(33)29-26(2,3)4/h5-12,20-22,31H,13-15,27H2,1-4H3,(H,28,32)(H,29,33)/t20-,21-,22-/m0/s1. The van der Waals surface area contributed by atoms with Gasteiger partial charge in [-0.15, -0.1) is 11.8 Å². The Morgan fingerprint density at radius 3 is 2.49 bits per heavy atom. The summed E-state index contributed by atoms with van der Waals surface area (Å²) < 4.78 is 0. The van der Waals surface area contributed by atoms with E-state index in [1.807, 2.05) is 51.1 Å². The summed E-state index contributed by atoms with van der Waals surface area (Å²) in [6.45, 7) is 7.37. The molecule has 2 aromatic rings. The first-order valence-electron chi connectivity index (χ1n) is 11.6. The number of carbonyl (C=O) groups excluding carboxylic acids is 3. The Morgan fingerprint density at radius 2 is 1.83 bits per heavy atom. The van der Waals surface area contributed by atoms with Crippen molar-refractivity contribution in [1.29, 1.82) is 0 Å². The summed E-state index contributed by atoms with van der Waals surface area (Å²) in [5.41, 5.74) is 7.85. The second kappa shape index (κ2) is 11.1.